The van der Waals surface area contributed by atoms with E-state index in [1.165, 1.54) is 12.8 Å². The lowest BCUT2D eigenvalue weighted by Crippen LogP contribution is -2.10. The number of hydrogen-bond acceptors (Lipinski definition) is 2. The Morgan fingerprint density at radius 1 is 1.27 bits per heavy atom. The molecule has 2 atom stereocenters. The molecule has 2 heteroatoms. The van der Waals surface area contributed by atoms with Crippen molar-refractivity contribution in [2.24, 2.45) is 0 Å². The van der Waals surface area contributed by atoms with Gasteiger partial charge < -0.3 is 4.74 Å². The molecule has 0 radical (unpaired) electrons. The number of unbranched alkanes of at least 4 members (excludes halogenated alkanes) is 2. The zero-order chi connectivity index (χ0) is 11.1. The molecule has 1 saturated heterocycles. The zero-order valence-corrected chi connectivity index (χ0v) is 10.1. The Morgan fingerprint density at radius 3 is 2.67 bits per heavy atom. The van der Waals surface area contributed by atoms with Crippen LogP contribution in [0.4, 0.5) is 0 Å². The molecule has 0 aromatic rings. The molecule has 88 valence electrons. The summed E-state index contributed by atoms with van der Waals surface area (Å²) in [6.45, 7) is 4.28. The average molecular weight is 212 g/mol. The Hall–Kier alpha value is -0.370. The maximum atomic E-state index is 11.5. The minimum Gasteiger partial charge on any atom is -0.375 e. The van der Waals surface area contributed by atoms with Crippen LogP contribution in [0.25, 0.3) is 0 Å². The first kappa shape index (κ1) is 12.7. The van der Waals surface area contributed by atoms with Gasteiger partial charge in [0, 0.05) is 12.8 Å². The first-order valence-corrected chi connectivity index (χ1v) is 6.39. The molecule has 0 saturated carbocycles. The second kappa shape index (κ2) is 7.00. The van der Waals surface area contributed by atoms with E-state index in [0.717, 1.165) is 38.5 Å². The van der Waals surface area contributed by atoms with Crippen molar-refractivity contribution in [2.45, 2.75) is 77.4 Å². The van der Waals surface area contributed by atoms with Gasteiger partial charge in [-0.1, -0.05) is 19.8 Å². The van der Waals surface area contributed by atoms with Gasteiger partial charge in [0.1, 0.15) is 5.78 Å². The lowest BCUT2D eigenvalue weighted by Gasteiger charge is -2.09. The van der Waals surface area contributed by atoms with Crippen molar-refractivity contribution in [2.75, 3.05) is 0 Å². The second-order valence-electron chi connectivity index (χ2n) is 4.68. The number of carbonyl (C=O) groups excluding carboxylic acids is 1. The van der Waals surface area contributed by atoms with Gasteiger partial charge in [0.05, 0.1) is 12.2 Å². The average Bonchev–Trinajstić information content (AvgIpc) is 2.62. The molecule has 1 rings (SSSR count). The summed E-state index contributed by atoms with van der Waals surface area (Å²) in [5.41, 5.74) is 0. The highest BCUT2D eigenvalue weighted by Gasteiger charge is 2.21. The molecule has 0 amide bonds. The molecule has 0 aromatic carbocycles. The van der Waals surface area contributed by atoms with Crippen LogP contribution >= 0.6 is 0 Å². The SMILES string of the molecule is CCCCCC(=O)CCC1CCC(C)O1. The number of ether oxygens (including phenoxy) is 1. The Kier molecular flexibility index (Phi) is 5.92. The molecule has 0 bridgehead atoms. The fourth-order valence-corrected chi connectivity index (χ4v) is 2.12. The molecular weight excluding hydrogens is 188 g/mol. The number of carbonyl (C=O) groups is 1. The molecule has 1 aliphatic rings. The minimum absolute atomic E-state index is 0.357. The number of ketones is 1. The van der Waals surface area contributed by atoms with E-state index in [9.17, 15) is 4.79 Å². The molecule has 1 heterocycles. The quantitative estimate of drug-likeness (QED) is 0.604. The molecule has 2 nitrogen and oxygen atoms in total. The second-order valence-corrected chi connectivity index (χ2v) is 4.68. The van der Waals surface area contributed by atoms with Gasteiger partial charge >= 0.3 is 0 Å². The summed E-state index contributed by atoms with van der Waals surface area (Å²) < 4.78 is 5.69. The molecular formula is C13H24O2. The van der Waals surface area contributed by atoms with Crippen LogP contribution in [-0.2, 0) is 9.53 Å². The van der Waals surface area contributed by atoms with E-state index in [4.69, 9.17) is 4.74 Å². The van der Waals surface area contributed by atoms with Crippen LogP contribution < -0.4 is 0 Å². The van der Waals surface area contributed by atoms with Gasteiger partial charge in [0.25, 0.3) is 0 Å². The molecule has 1 fully saturated rings. The molecule has 0 spiro atoms. The summed E-state index contributed by atoms with van der Waals surface area (Å²) >= 11 is 0. The van der Waals surface area contributed by atoms with Gasteiger partial charge in [-0.2, -0.15) is 0 Å². The fourth-order valence-electron chi connectivity index (χ4n) is 2.12. The van der Waals surface area contributed by atoms with Gasteiger partial charge in [-0.3, -0.25) is 4.79 Å². The summed E-state index contributed by atoms with van der Waals surface area (Å²) in [6, 6.07) is 0. The number of Topliss-reactive ketones (excluding diaryl/α,β-unsaturated/α-hetero) is 1. The predicted molar refractivity (Wildman–Crippen MR) is 62.0 cm³/mol. The third kappa shape index (κ3) is 5.31. The summed E-state index contributed by atoms with van der Waals surface area (Å²) in [5, 5.41) is 0. The van der Waals surface area contributed by atoms with E-state index in [1.807, 2.05) is 0 Å². The zero-order valence-electron chi connectivity index (χ0n) is 10.1. The predicted octanol–water partition coefficient (Wildman–Crippen LogP) is 3.48. The Balaban J connectivity index is 2.01. The van der Waals surface area contributed by atoms with Gasteiger partial charge in [0.2, 0.25) is 0 Å². The summed E-state index contributed by atoms with van der Waals surface area (Å²) in [4.78, 5) is 11.5. The number of rotatable bonds is 7. The van der Waals surface area contributed by atoms with E-state index in [0.29, 0.717) is 18.0 Å². The van der Waals surface area contributed by atoms with E-state index < -0.39 is 0 Å². The van der Waals surface area contributed by atoms with E-state index in [2.05, 4.69) is 13.8 Å². The molecule has 1 aliphatic heterocycles. The van der Waals surface area contributed by atoms with Gasteiger partial charge in [0.15, 0.2) is 0 Å². The Morgan fingerprint density at radius 2 is 2.07 bits per heavy atom. The molecule has 0 N–H and O–H groups in total. The lowest BCUT2D eigenvalue weighted by molar-refractivity contribution is -0.119. The van der Waals surface area contributed by atoms with E-state index in [-0.39, 0.29) is 0 Å². The smallest absolute Gasteiger partial charge is 0.133 e. The van der Waals surface area contributed by atoms with Crippen LogP contribution in [0.1, 0.15) is 65.2 Å². The van der Waals surface area contributed by atoms with Crippen molar-refractivity contribution in [1.29, 1.82) is 0 Å². The third-order valence-electron chi connectivity index (χ3n) is 3.12. The highest BCUT2D eigenvalue weighted by molar-refractivity contribution is 5.78. The highest BCUT2D eigenvalue weighted by atomic mass is 16.5. The molecule has 0 aromatic heterocycles. The van der Waals surface area contributed by atoms with Crippen LogP contribution in [0.2, 0.25) is 0 Å². The molecule has 2 unspecified atom stereocenters. The first-order chi connectivity index (χ1) is 7.22. The molecule has 15 heavy (non-hydrogen) atoms. The topological polar surface area (TPSA) is 26.3 Å². The van der Waals surface area contributed by atoms with Crippen molar-refractivity contribution in [1.82, 2.24) is 0 Å². The first-order valence-electron chi connectivity index (χ1n) is 6.39. The van der Waals surface area contributed by atoms with Crippen LogP contribution in [0.5, 0.6) is 0 Å². The van der Waals surface area contributed by atoms with Crippen molar-refractivity contribution in [3.63, 3.8) is 0 Å². The largest absolute Gasteiger partial charge is 0.375 e. The fraction of sp³-hybridized carbons (Fsp3) is 0.923. The van der Waals surface area contributed by atoms with Crippen LogP contribution in [0, 0.1) is 0 Å². The minimum atomic E-state index is 0.357. The maximum Gasteiger partial charge on any atom is 0.133 e. The van der Waals surface area contributed by atoms with Gasteiger partial charge in [-0.05, 0) is 32.6 Å². The Bertz CT molecular complexity index is 189. The van der Waals surface area contributed by atoms with Crippen molar-refractivity contribution in [3.8, 4) is 0 Å². The van der Waals surface area contributed by atoms with Gasteiger partial charge in [-0.15, -0.1) is 0 Å². The van der Waals surface area contributed by atoms with Crippen LogP contribution in [0.3, 0.4) is 0 Å². The lowest BCUT2D eigenvalue weighted by atomic mass is 10.0. The van der Waals surface area contributed by atoms with Crippen molar-refractivity contribution >= 4 is 5.78 Å². The number of hydrogen-bond donors (Lipinski definition) is 0. The summed E-state index contributed by atoms with van der Waals surface area (Å²) in [6.07, 6.45) is 8.95. The standard InChI is InChI=1S/C13H24O2/c1-3-4-5-6-12(14)8-10-13-9-7-11(2)15-13/h11,13H,3-10H2,1-2H3. The third-order valence-corrected chi connectivity index (χ3v) is 3.12. The van der Waals surface area contributed by atoms with Crippen molar-refractivity contribution in [3.05, 3.63) is 0 Å². The van der Waals surface area contributed by atoms with Crippen LogP contribution in [0.15, 0.2) is 0 Å². The van der Waals surface area contributed by atoms with E-state index >= 15 is 0 Å². The van der Waals surface area contributed by atoms with E-state index in [1.54, 1.807) is 0 Å². The van der Waals surface area contributed by atoms with Crippen LogP contribution in [-0.4, -0.2) is 18.0 Å². The normalized spacial score (nSPS) is 25.7. The summed E-state index contributed by atoms with van der Waals surface area (Å²) in [7, 11) is 0. The molecule has 0 aliphatic carbocycles. The van der Waals surface area contributed by atoms with Crippen molar-refractivity contribution < 1.29 is 9.53 Å². The van der Waals surface area contributed by atoms with Gasteiger partial charge in [-0.25, -0.2) is 0 Å². The Labute approximate surface area is 93.4 Å². The highest BCUT2D eigenvalue weighted by Crippen LogP contribution is 2.22. The maximum absolute atomic E-state index is 11.5. The monoisotopic (exact) mass is 212 g/mol. The summed E-state index contributed by atoms with van der Waals surface area (Å²) in [5.74, 6) is 0.423.